The lowest BCUT2D eigenvalue weighted by Crippen LogP contribution is -2.32. The van der Waals surface area contributed by atoms with Crippen LogP contribution in [-0.2, 0) is 4.84 Å². The minimum absolute atomic E-state index is 0.254. The summed E-state index contributed by atoms with van der Waals surface area (Å²) in [7, 11) is 3.28. The molecule has 28 heavy (non-hydrogen) atoms. The van der Waals surface area contributed by atoms with E-state index < -0.39 is 0 Å². The highest BCUT2D eigenvalue weighted by atomic mass is 16.7. The van der Waals surface area contributed by atoms with Crippen LogP contribution in [0.5, 0.6) is 0 Å². The summed E-state index contributed by atoms with van der Waals surface area (Å²) in [5, 5.41) is 10.6. The molecule has 0 bridgehead atoms. The number of hydrogen-bond acceptors (Lipinski definition) is 6. The minimum Gasteiger partial charge on any atom is -0.404 e. The molecule has 0 aromatic heterocycles. The van der Waals surface area contributed by atoms with E-state index in [0.717, 1.165) is 28.1 Å². The third kappa shape index (κ3) is 4.86. The highest BCUT2D eigenvalue weighted by molar-refractivity contribution is 5.97. The summed E-state index contributed by atoms with van der Waals surface area (Å²) >= 11 is 0. The number of fused-ring (bicyclic) bond motifs is 1. The van der Waals surface area contributed by atoms with Gasteiger partial charge in [-0.25, -0.2) is 10.1 Å². The molecule has 0 amide bonds. The first kappa shape index (κ1) is 20.9. The number of rotatable bonds is 7. The van der Waals surface area contributed by atoms with Crippen molar-refractivity contribution < 1.29 is 10.2 Å². The number of amidine groups is 1. The number of aliphatic imine (C=N–C) groups is 2. The van der Waals surface area contributed by atoms with Crippen molar-refractivity contribution in [1.29, 1.82) is 0 Å². The topological polar surface area (TPSA) is 127 Å². The summed E-state index contributed by atoms with van der Waals surface area (Å²) in [6.45, 7) is 4.08. The van der Waals surface area contributed by atoms with Crippen LogP contribution in [0.4, 0.5) is 0 Å². The lowest BCUT2D eigenvalue weighted by molar-refractivity contribution is -0.105. The Kier molecular flexibility index (Phi) is 7.11. The normalized spacial score (nSPS) is 18.3. The Hall–Kier alpha value is -3.39. The van der Waals surface area contributed by atoms with Crippen molar-refractivity contribution in [3.05, 3.63) is 70.6 Å². The van der Waals surface area contributed by atoms with Gasteiger partial charge in [0.2, 0.25) is 0 Å². The van der Waals surface area contributed by atoms with E-state index in [4.69, 9.17) is 21.7 Å². The van der Waals surface area contributed by atoms with E-state index in [1.807, 2.05) is 38.3 Å². The molecule has 0 aromatic rings. The number of nitrogens with two attached hydrogens (primary N) is 3. The predicted molar refractivity (Wildman–Crippen MR) is 114 cm³/mol. The molecule has 8 heteroatoms. The fourth-order valence-corrected chi connectivity index (χ4v) is 2.66. The molecule has 0 aromatic carbocycles. The van der Waals surface area contributed by atoms with Gasteiger partial charge in [-0.2, -0.15) is 0 Å². The molecule has 2 heterocycles. The highest BCUT2D eigenvalue weighted by Crippen LogP contribution is 2.28. The van der Waals surface area contributed by atoms with E-state index in [0.29, 0.717) is 11.7 Å². The molecule has 0 fully saturated rings. The largest absolute Gasteiger partial charge is 0.404 e. The maximum absolute atomic E-state index is 6.06. The van der Waals surface area contributed by atoms with Gasteiger partial charge in [-0.05, 0) is 30.2 Å². The molecule has 0 unspecified atom stereocenters. The Balaban J connectivity index is 2.35. The van der Waals surface area contributed by atoms with E-state index in [1.165, 1.54) is 6.20 Å². The molecule has 0 spiro atoms. The zero-order valence-corrected chi connectivity index (χ0v) is 16.7. The summed E-state index contributed by atoms with van der Waals surface area (Å²) < 4.78 is 0. The molecule has 7 N–H and O–H groups in total. The second-order valence-electron chi connectivity index (χ2n) is 6.39. The standard InChI is InChI=1S/C20H27N7O/c1-13(2)14(9-21)8-19(23)26-20-6-5-18-17(25-20)7-15(12-27(18)28-4)16(10-22)11-24-3/h5-13,21,25H,22H2,1-4H3,(H2,23,26)/p+1. The maximum Gasteiger partial charge on any atom is 0.163 e. The van der Waals surface area contributed by atoms with Crippen LogP contribution in [0.15, 0.2) is 80.6 Å². The Morgan fingerprint density at radius 2 is 2.11 bits per heavy atom. The van der Waals surface area contributed by atoms with Gasteiger partial charge in [0.25, 0.3) is 0 Å². The van der Waals surface area contributed by atoms with Crippen LogP contribution >= 0.6 is 0 Å². The van der Waals surface area contributed by atoms with Crippen molar-refractivity contribution in [2.75, 3.05) is 14.2 Å². The maximum atomic E-state index is 6.06. The third-order valence-corrected chi connectivity index (χ3v) is 4.13. The molecule has 148 valence electrons. The molecule has 2 aliphatic rings. The minimum atomic E-state index is 0.254. The van der Waals surface area contributed by atoms with Crippen molar-refractivity contribution >= 4 is 18.3 Å². The fraction of sp³-hybridized carbons (Fsp3) is 0.250. The second kappa shape index (κ2) is 9.52. The van der Waals surface area contributed by atoms with Crippen LogP contribution in [0.1, 0.15) is 13.8 Å². The lowest BCUT2D eigenvalue weighted by atomic mass is 10.0. The molecule has 0 saturated heterocycles. The monoisotopic (exact) mass is 382 g/mol. The quantitative estimate of drug-likeness (QED) is 0.371. The van der Waals surface area contributed by atoms with Gasteiger partial charge in [0.1, 0.15) is 11.7 Å². The predicted octanol–water partition coefficient (Wildman–Crippen LogP) is 0.272. The fourth-order valence-electron chi connectivity index (χ4n) is 2.66. The summed E-state index contributed by atoms with van der Waals surface area (Å²) in [5.41, 5.74) is 16.0. The average molecular weight is 382 g/mol. The van der Waals surface area contributed by atoms with E-state index in [9.17, 15) is 0 Å². The molecule has 2 aliphatic heterocycles. The molecular formula is C20H28N7O+. The number of nitrogens with one attached hydrogen (secondary N) is 1. The van der Waals surface area contributed by atoms with Gasteiger partial charge in [0.05, 0.1) is 18.5 Å². The van der Waals surface area contributed by atoms with Gasteiger partial charge < -0.3 is 16.8 Å². The molecule has 8 nitrogen and oxygen atoms in total. The van der Waals surface area contributed by atoms with Crippen molar-refractivity contribution in [1.82, 2.24) is 10.4 Å². The Morgan fingerprint density at radius 3 is 2.68 bits per heavy atom. The van der Waals surface area contributed by atoms with E-state index in [2.05, 4.69) is 15.3 Å². The van der Waals surface area contributed by atoms with E-state index in [-0.39, 0.29) is 5.92 Å². The zero-order chi connectivity index (χ0) is 20.7. The average Bonchev–Trinajstić information content (AvgIpc) is 2.68. The van der Waals surface area contributed by atoms with Crippen LogP contribution in [0.3, 0.4) is 0 Å². The SMILES string of the molecule is CN=CC(=CN)C1=CN(OC)C2=CC=C(N=C(N)C=C(C=[NH2+])C(C)C)NC2=C1. The summed E-state index contributed by atoms with van der Waals surface area (Å²) in [6, 6.07) is 0. The first-order chi connectivity index (χ1) is 13.4. The number of nitrogens with zero attached hydrogens (tertiary/aromatic N) is 3. The van der Waals surface area contributed by atoms with Gasteiger partial charge in [0, 0.05) is 42.4 Å². The molecule has 0 saturated carbocycles. The van der Waals surface area contributed by atoms with Crippen molar-refractivity contribution in [2.45, 2.75) is 13.8 Å². The van der Waals surface area contributed by atoms with Crippen LogP contribution in [-0.4, -0.2) is 37.5 Å². The second-order valence-corrected chi connectivity index (χ2v) is 6.39. The van der Waals surface area contributed by atoms with Crippen LogP contribution < -0.4 is 22.2 Å². The Morgan fingerprint density at radius 1 is 1.36 bits per heavy atom. The van der Waals surface area contributed by atoms with Gasteiger partial charge in [-0.15, -0.1) is 0 Å². The van der Waals surface area contributed by atoms with Crippen molar-refractivity contribution in [2.24, 2.45) is 27.4 Å². The third-order valence-electron chi connectivity index (χ3n) is 4.13. The van der Waals surface area contributed by atoms with E-state index in [1.54, 1.807) is 37.7 Å². The van der Waals surface area contributed by atoms with Crippen LogP contribution in [0.2, 0.25) is 0 Å². The first-order valence-corrected chi connectivity index (χ1v) is 8.84. The lowest BCUT2D eigenvalue weighted by Gasteiger charge is -2.30. The molecular weight excluding hydrogens is 354 g/mol. The van der Waals surface area contributed by atoms with E-state index >= 15 is 0 Å². The zero-order valence-electron chi connectivity index (χ0n) is 16.7. The first-order valence-electron chi connectivity index (χ1n) is 8.84. The molecule has 2 rings (SSSR count). The Labute approximate surface area is 165 Å². The van der Waals surface area contributed by atoms with Crippen molar-refractivity contribution in [3.8, 4) is 0 Å². The Bertz CT molecular complexity index is 867. The highest BCUT2D eigenvalue weighted by Gasteiger charge is 2.22. The summed E-state index contributed by atoms with van der Waals surface area (Å²) in [4.78, 5) is 13.9. The number of allylic oxidation sites excluding steroid dienone is 6. The number of hydroxylamine groups is 2. The van der Waals surface area contributed by atoms with Gasteiger partial charge in [0.15, 0.2) is 6.21 Å². The molecule has 0 radical (unpaired) electrons. The van der Waals surface area contributed by atoms with Gasteiger partial charge in [-0.3, -0.25) is 15.2 Å². The molecule has 0 atom stereocenters. The van der Waals surface area contributed by atoms with Gasteiger partial charge in [-0.1, -0.05) is 13.8 Å². The number of hydrogen-bond donors (Lipinski definition) is 4. The van der Waals surface area contributed by atoms with Crippen molar-refractivity contribution in [3.63, 3.8) is 0 Å². The van der Waals surface area contributed by atoms with Gasteiger partial charge >= 0.3 is 0 Å². The molecule has 0 aliphatic carbocycles. The van der Waals surface area contributed by atoms with Crippen LogP contribution in [0.25, 0.3) is 0 Å². The number of dihydropyridines is 1. The van der Waals surface area contributed by atoms with Crippen LogP contribution in [0, 0.1) is 5.92 Å². The smallest absolute Gasteiger partial charge is 0.163 e. The summed E-state index contributed by atoms with van der Waals surface area (Å²) in [5.74, 6) is 1.21. The summed E-state index contributed by atoms with van der Waals surface area (Å²) in [6.07, 6.45) is 14.0.